The molecule has 0 aliphatic heterocycles. The van der Waals surface area contributed by atoms with Crippen LogP contribution in [0.25, 0.3) is 11.4 Å². The number of nitrogen functional groups attached to an aromatic ring is 1. The summed E-state index contributed by atoms with van der Waals surface area (Å²) in [5, 5.41) is 4.38. The molecule has 7 nitrogen and oxygen atoms in total. The minimum atomic E-state index is -0.322. The Balaban J connectivity index is 2.00. The highest BCUT2D eigenvalue weighted by Gasteiger charge is 2.18. The third-order valence-corrected chi connectivity index (χ3v) is 3.90. The van der Waals surface area contributed by atoms with Crippen LogP contribution in [0.2, 0.25) is 0 Å². The lowest BCUT2D eigenvalue weighted by Crippen LogP contribution is -2.07. The molecule has 3 rings (SSSR count). The minimum Gasteiger partial charge on any atom is -0.493 e. The number of aromatic nitrogens is 3. The lowest BCUT2D eigenvalue weighted by Gasteiger charge is -2.13. The number of ether oxygens (including phenoxy) is 3. The molecule has 3 aromatic rings. The van der Waals surface area contributed by atoms with E-state index < -0.39 is 0 Å². The molecule has 0 spiro atoms. The summed E-state index contributed by atoms with van der Waals surface area (Å²) < 4.78 is 31.3. The van der Waals surface area contributed by atoms with E-state index in [9.17, 15) is 4.39 Å². The molecule has 0 atom stereocenters. The summed E-state index contributed by atoms with van der Waals surface area (Å²) in [5.74, 6) is 1.65. The van der Waals surface area contributed by atoms with Crippen LogP contribution in [-0.2, 0) is 6.54 Å². The van der Waals surface area contributed by atoms with Gasteiger partial charge in [-0.05, 0) is 18.2 Å². The summed E-state index contributed by atoms with van der Waals surface area (Å²) in [4.78, 5) is 4.27. The van der Waals surface area contributed by atoms with Crippen LogP contribution in [-0.4, -0.2) is 36.1 Å². The molecule has 0 aliphatic carbocycles. The van der Waals surface area contributed by atoms with Gasteiger partial charge < -0.3 is 19.9 Å². The lowest BCUT2D eigenvalue weighted by atomic mass is 10.1. The van der Waals surface area contributed by atoms with Gasteiger partial charge in [0.2, 0.25) is 11.7 Å². The topological polar surface area (TPSA) is 84.4 Å². The van der Waals surface area contributed by atoms with Crippen molar-refractivity contribution < 1.29 is 18.6 Å². The molecule has 0 fully saturated rings. The highest BCUT2D eigenvalue weighted by Crippen LogP contribution is 2.40. The highest BCUT2D eigenvalue weighted by molar-refractivity contribution is 5.67. The Morgan fingerprint density at radius 1 is 1.04 bits per heavy atom. The lowest BCUT2D eigenvalue weighted by molar-refractivity contribution is 0.324. The number of hydrogen-bond donors (Lipinski definition) is 1. The molecule has 2 N–H and O–H groups in total. The molecule has 0 bridgehead atoms. The van der Waals surface area contributed by atoms with Gasteiger partial charge in [0.1, 0.15) is 5.82 Å². The Morgan fingerprint density at radius 3 is 2.27 bits per heavy atom. The molecule has 0 amide bonds. The fourth-order valence-electron chi connectivity index (χ4n) is 2.59. The first-order valence-electron chi connectivity index (χ1n) is 7.81. The largest absolute Gasteiger partial charge is 0.493 e. The van der Waals surface area contributed by atoms with Gasteiger partial charge in [-0.1, -0.05) is 18.2 Å². The van der Waals surface area contributed by atoms with Crippen molar-refractivity contribution in [2.24, 2.45) is 0 Å². The second kappa shape index (κ2) is 7.30. The quantitative estimate of drug-likeness (QED) is 0.729. The molecule has 2 aromatic carbocycles. The van der Waals surface area contributed by atoms with E-state index in [0.717, 1.165) is 0 Å². The first kappa shape index (κ1) is 17.5. The van der Waals surface area contributed by atoms with Crippen molar-refractivity contribution >= 4 is 5.95 Å². The number of nitrogens with zero attached hydrogens (tertiary/aromatic N) is 3. The normalized spacial score (nSPS) is 10.6. The van der Waals surface area contributed by atoms with Gasteiger partial charge in [-0.2, -0.15) is 4.98 Å². The average molecular weight is 358 g/mol. The van der Waals surface area contributed by atoms with Gasteiger partial charge in [0, 0.05) is 11.1 Å². The van der Waals surface area contributed by atoms with Crippen LogP contribution >= 0.6 is 0 Å². The maximum Gasteiger partial charge on any atom is 0.219 e. The van der Waals surface area contributed by atoms with E-state index in [1.54, 1.807) is 30.3 Å². The summed E-state index contributed by atoms with van der Waals surface area (Å²) in [6, 6.07) is 9.90. The van der Waals surface area contributed by atoms with Crippen LogP contribution in [0.5, 0.6) is 17.2 Å². The van der Waals surface area contributed by atoms with Crippen LogP contribution in [0.4, 0.5) is 10.3 Å². The van der Waals surface area contributed by atoms with Gasteiger partial charge in [-0.3, -0.25) is 0 Å². The van der Waals surface area contributed by atoms with Gasteiger partial charge in [0.15, 0.2) is 17.3 Å². The van der Waals surface area contributed by atoms with E-state index in [1.165, 1.54) is 32.1 Å². The SMILES string of the molecule is COc1cc(-c2nc(N)n(Cc3ccccc3F)n2)cc(OC)c1OC. The average Bonchev–Trinajstić information content (AvgIpc) is 3.02. The number of halogens is 1. The van der Waals surface area contributed by atoms with Crippen LogP contribution in [0, 0.1) is 5.82 Å². The molecular weight excluding hydrogens is 339 g/mol. The molecule has 0 aliphatic rings. The standard InChI is InChI=1S/C18H19FN4O3/c1-24-14-8-12(9-15(25-2)16(14)26-3)17-21-18(20)23(22-17)10-11-6-4-5-7-13(11)19/h4-9H,10H2,1-3H3,(H2,20,21,22). The third kappa shape index (κ3) is 3.26. The fourth-order valence-corrected chi connectivity index (χ4v) is 2.59. The van der Waals surface area contributed by atoms with Gasteiger partial charge in [-0.15, -0.1) is 5.10 Å². The zero-order valence-electron chi connectivity index (χ0n) is 14.7. The first-order valence-corrected chi connectivity index (χ1v) is 7.81. The van der Waals surface area contributed by atoms with Crippen molar-refractivity contribution in [3.8, 4) is 28.6 Å². The Labute approximate surface area is 150 Å². The monoisotopic (exact) mass is 358 g/mol. The van der Waals surface area contributed by atoms with Crippen LogP contribution in [0.15, 0.2) is 36.4 Å². The Bertz CT molecular complexity index is 902. The number of methoxy groups -OCH3 is 3. The highest BCUT2D eigenvalue weighted by atomic mass is 19.1. The summed E-state index contributed by atoms with van der Waals surface area (Å²) in [6.07, 6.45) is 0. The Morgan fingerprint density at radius 2 is 1.69 bits per heavy atom. The van der Waals surface area contributed by atoms with Gasteiger partial charge in [0.05, 0.1) is 27.9 Å². The van der Waals surface area contributed by atoms with Crippen LogP contribution in [0.3, 0.4) is 0 Å². The molecule has 1 heterocycles. The molecule has 0 saturated heterocycles. The summed E-state index contributed by atoms with van der Waals surface area (Å²) in [7, 11) is 4.58. The van der Waals surface area contributed by atoms with Gasteiger partial charge in [-0.25, -0.2) is 9.07 Å². The van der Waals surface area contributed by atoms with Crippen LogP contribution in [0.1, 0.15) is 5.56 Å². The number of nitrogens with two attached hydrogens (primary N) is 1. The van der Waals surface area contributed by atoms with E-state index in [2.05, 4.69) is 10.1 Å². The smallest absolute Gasteiger partial charge is 0.219 e. The molecule has 136 valence electrons. The summed E-state index contributed by atoms with van der Waals surface area (Å²) in [5.41, 5.74) is 7.06. The predicted octanol–water partition coefficient (Wildman–Crippen LogP) is 2.74. The van der Waals surface area contributed by atoms with Crippen molar-refractivity contribution in [1.82, 2.24) is 14.8 Å². The number of rotatable bonds is 6. The van der Waals surface area contributed by atoms with E-state index >= 15 is 0 Å². The van der Waals surface area contributed by atoms with Gasteiger partial charge >= 0.3 is 0 Å². The molecular formula is C18H19FN4O3. The van der Waals surface area contributed by atoms with Crippen molar-refractivity contribution in [3.05, 3.63) is 47.8 Å². The molecule has 0 saturated carbocycles. The van der Waals surface area contributed by atoms with Crippen molar-refractivity contribution in [3.63, 3.8) is 0 Å². The maximum absolute atomic E-state index is 13.9. The zero-order chi connectivity index (χ0) is 18.7. The molecule has 0 unspecified atom stereocenters. The zero-order valence-corrected chi connectivity index (χ0v) is 14.7. The van der Waals surface area contributed by atoms with E-state index in [1.807, 2.05) is 0 Å². The molecule has 26 heavy (non-hydrogen) atoms. The molecule has 8 heteroatoms. The van der Waals surface area contributed by atoms with E-state index in [4.69, 9.17) is 19.9 Å². The predicted molar refractivity (Wildman–Crippen MR) is 95.0 cm³/mol. The Hall–Kier alpha value is -3.29. The Kier molecular flexibility index (Phi) is 4.92. The van der Waals surface area contributed by atoms with E-state index in [-0.39, 0.29) is 18.3 Å². The van der Waals surface area contributed by atoms with Crippen molar-refractivity contribution in [2.75, 3.05) is 27.1 Å². The van der Waals surface area contributed by atoms with Crippen LogP contribution < -0.4 is 19.9 Å². The molecule has 0 radical (unpaired) electrons. The summed E-state index contributed by atoms with van der Waals surface area (Å²) in [6.45, 7) is 0.177. The third-order valence-electron chi connectivity index (χ3n) is 3.90. The van der Waals surface area contributed by atoms with Crippen molar-refractivity contribution in [2.45, 2.75) is 6.54 Å². The van der Waals surface area contributed by atoms with Gasteiger partial charge in [0.25, 0.3) is 0 Å². The maximum atomic E-state index is 13.9. The minimum absolute atomic E-state index is 0.177. The summed E-state index contributed by atoms with van der Waals surface area (Å²) >= 11 is 0. The fraction of sp³-hybridized carbons (Fsp3) is 0.222. The van der Waals surface area contributed by atoms with E-state index in [0.29, 0.717) is 34.2 Å². The second-order valence-electron chi connectivity index (χ2n) is 5.46. The number of benzene rings is 2. The number of anilines is 1. The molecule has 1 aromatic heterocycles. The van der Waals surface area contributed by atoms with Crippen molar-refractivity contribution in [1.29, 1.82) is 0 Å². The second-order valence-corrected chi connectivity index (χ2v) is 5.46. The first-order chi connectivity index (χ1) is 12.6. The number of hydrogen-bond acceptors (Lipinski definition) is 6.